The minimum absolute atomic E-state index is 0.694. The Balaban J connectivity index is 2.37. The highest BCUT2D eigenvalue weighted by Gasteiger charge is 2.09. The summed E-state index contributed by atoms with van der Waals surface area (Å²) in [5.74, 6) is 1.42. The van der Waals surface area contributed by atoms with Crippen LogP contribution in [0.5, 0.6) is 0 Å². The minimum atomic E-state index is 0.694. The summed E-state index contributed by atoms with van der Waals surface area (Å²) < 4.78 is 0.784. The molecule has 0 radical (unpaired) electrons. The summed E-state index contributed by atoms with van der Waals surface area (Å²) in [4.78, 5) is 8.30. The van der Waals surface area contributed by atoms with Gasteiger partial charge in [0.05, 0.1) is 0 Å². The van der Waals surface area contributed by atoms with Gasteiger partial charge in [-0.3, -0.25) is 0 Å². The third-order valence-corrected chi connectivity index (χ3v) is 3.71. The molecule has 0 bridgehead atoms. The monoisotopic (exact) mass is 326 g/mol. The summed E-state index contributed by atoms with van der Waals surface area (Å²) in [6, 6.07) is 5.71. The van der Waals surface area contributed by atoms with Crippen molar-refractivity contribution in [2.75, 3.05) is 17.7 Å². The van der Waals surface area contributed by atoms with Gasteiger partial charge in [-0.15, -0.1) is 0 Å². The van der Waals surface area contributed by atoms with Gasteiger partial charge in [-0.05, 0) is 40.5 Å². The number of hydrogen-bond donors (Lipinski definition) is 2. The van der Waals surface area contributed by atoms with Gasteiger partial charge in [-0.1, -0.05) is 17.7 Å². The van der Waals surface area contributed by atoms with E-state index in [4.69, 9.17) is 11.6 Å². The molecule has 2 aromatic rings. The van der Waals surface area contributed by atoms with E-state index in [9.17, 15) is 0 Å². The second-order valence-corrected chi connectivity index (χ2v) is 4.87. The van der Waals surface area contributed by atoms with Crippen LogP contribution >= 0.6 is 27.5 Å². The summed E-state index contributed by atoms with van der Waals surface area (Å²) in [6.45, 7) is 1.96. The zero-order valence-corrected chi connectivity index (χ0v) is 12.3. The molecule has 0 amide bonds. The predicted molar refractivity (Wildman–Crippen MR) is 78.8 cm³/mol. The van der Waals surface area contributed by atoms with E-state index < -0.39 is 0 Å². The molecule has 94 valence electrons. The van der Waals surface area contributed by atoms with Crippen LogP contribution in [0.1, 0.15) is 5.56 Å². The van der Waals surface area contributed by atoms with E-state index in [0.29, 0.717) is 5.82 Å². The van der Waals surface area contributed by atoms with Crippen LogP contribution in [-0.4, -0.2) is 17.0 Å². The lowest BCUT2D eigenvalue weighted by molar-refractivity contribution is 1.14. The number of anilines is 3. The largest absolute Gasteiger partial charge is 0.372 e. The predicted octanol–water partition coefficient (Wildman–Crippen LogP) is 3.99. The molecule has 0 aliphatic heterocycles. The fourth-order valence-electron chi connectivity index (χ4n) is 1.50. The van der Waals surface area contributed by atoms with Crippen LogP contribution in [0.2, 0.25) is 5.02 Å². The average Bonchev–Trinajstić information content (AvgIpc) is 2.37. The van der Waals surface area contributed by atoms with Crippen LogP contribution in [0.4, 0.5) is 17.3 Å². The molecule has 1 aromatic carbocycles. The number of halogens is 2. The molecule has 2 rings (SSSR count). The summed E-state index contributed by atoms with van der Waals surface area (Å²) in [5, 5.41) is 6.94. The van der Waals surface area contributed by atoms with Gasteiger partial charge >= 0.3 is 0 Å². The van der Waals surface area contributed by atoms with Crippen LogP contribution in [0.25, 0.3) is 0 Å². The Labute approximate surface area is 119 Å². The number of aromatic nitrogens is 2. The molecule has 0 atom stereocenters. The summed E-state index contributed by atoms with van der Waals surface area (Å²) >= 11 is 9.54. The van der Waals surface area contributed by atoms with E-state index in [-0.39, 0.29) is 0 Å². The Morgan fingerprint density at radius 3 is 2.67 bits per heavy atom. The third kappa shape index (κ3) is 2.57. The lowest BCUT2D eigenvalue weighted by Gasteiger charge is -2.12. The highest BCUT2D eigenvalue weighted by atomic mass is 79.9. The SMILES string of the molecule is CNc1ncnc(Nc2cccc(Cl)c2C)c1Br. The zero-order valence-electron chi connectivity index (χ0n) is 9.96. The Morgan fingerprint density at radius 2 is 1.94 bits per heavy atom. The average molecular weight is 328 g/mol. The van der Waals surface area contributed by atoms with Crippen molar-refractivity contribution in [1.29, 1.82) is 0 Å². The maximum absolute atomic E-state index is 6.08. The van der Waals surface area contributed by atoms with Gasteiger partial charge in [-0.25, -0.2) is 9.97 Å². The Hall–Kier alpha value is -1.33. The van der Waals surface area contributed by atoms with Crippen molar-refractivity contribution in [3.05, 3.63) is 39.6 Å². The molecular weight excluding hydrogens is 316 g/mol. The summed E-state index contributed by atoms with van der Waals surface area (Å²) in [7, 11) is 1.81. The highest BCUT2D eigenvalue weighted by molar-refractivity contribution is 9.10. The van der Waals surface area contributed by atoms with Crippen LogP contribution in [-0.2, 0) is 0 Å². The second kappa shape index (κ2) is 5.54. The molecule has 6 heteroatoms. The van der Waals surface area contributed by atoms with E-state index in [1.807, 2.05) is 32.2 Å². The number of rotatable bonds is 3. The molecule has 4 nitrogen and oxygen atoms in total. The standard InChI is InChI=1S/C12H12BrClN4/c1-7-8(14)4-3-5-9(7)18-12-10(13)11(15-2)16-6-17-12/h3-6H,1-2H3,(H2,15,16,17,18). The van der Waals surface area contributed by atoms with Crippen LogP contribution < -0.4 is 10.6 Å². The molecule has 1 heterocycles. The first-order valence-corrected chi connectivity index (χ1v) is 6.51. The molecule has 0 aliphatic carbocycles. The summed E-state index contributed by atoms with van der Waals surface area (Å²) in [6.07, 6.45) is 1.50. The molecule has 2 N–H and O–H groups in total. The minimum Gasteiger partial charge on any atom is -0.372 e. The Bertz CT molecular complexity index is 574. The zero-order chi connectivity index (χ0) is 13.1. The first kappa shape index (κ1) is 13.1. The van der Waals surface area contributed by atoms with Crippen molar-refractivity contribution in [2.24, 2.45) is 0 Å². The van der Waals surface area contributed by atoms with Crippen molar-refractivity contribution in [3.8, 4) is 0 Å². The smallest absolute Gasteiger partial charge is 0.150 e. The van der Waals surface area contributed by atoms with Gasteiger partial charge in [0.2, 0.25) is 0 Å². The normalized spacial score (nSPS) is 10.2. The molecule has 18 heavy (non-hydrogen) atoms. The topological polar surface area (TPSA) is 49.8 Å². The van der Waals surface area contributed by atoms with Crippen molar-refractivity contribution in [3.63, 3.8) is 0 Å². The fraction of sp³-hybridized carbons (Fsp3) is 0.167. The fourth-order valence-corrected chi connectivity index (χ4v) is 2.18. The molecular formula is C12H12BrClN4. The van der Waals surface area contributed by atoms with E-state index in [1.165, 1.54) is 6.33 Å². The van der Waals surface area contributed by atoms with E-state index >= 15 is 0 Å². The first-order chi connectivity index (χ1) is 8.63. The van der Waals surface area contributed by atoms with Gasteiger partial charge in [-0.2, -0.15) is 0 Å². The molecule has 0 saturated heterocycles. The van der Waals surface area contributed by atoms with Gasteiger partial charge in [0, 0.05) is 17.8 Å². The molecule has 0 aliphatic rings. The van der Waals surface area contributed by atoms with E-state index in [0.717, 1.165) is 26.6 Å². The molecule has 1 aromatic heterocycles. The lowest BCUT2D eigenvalue weighted by atomic mass is 10.2. The lowest BCUT2D eigenvalue weighted by Crippen LogP contribution is -2.01. The van der Waals surface area contributed by atoms with Gasteiger partial charge in [0.1, 0.15) is 22.4 Å². The van der Waals surface area contributed by atoms with E-state index in [2.05, 4.69) is 36.5 Å². The van der Waals surface area contributed by atoms with Crippen LogP contribution in [0.3, 0.4) is 0 Å². The number of nitrogens with one attached hydrogen (secondary N) is 2. The summed E-state index contributed by atoms with van der Waals surface area (Å²) in [5.41, 5.74) is 1.90. The number of nitrogens with zero attached hydrogens (tertiary/aromatic N) is 2. The van der Waals surface area contributed by atoms with Crippen molar-refractivity contribution in [2.45, 2.75) is 6.92 Å². The quantitative estimate of drug-likeness (QED) is 0.895. The second-order valence-electron chi connectivity index (χ2n) is 3.67. The molecule has 0 unspecified atom stereocenters. The maximum atomic E-state index is 6.08. The molecule has 0 fully saturated rings. The Kier molecular flexibility index (Phi) is 4.04. The number of benzene rings is 1. The van der Waals surface area contributed by atoms with Crippen molar-refractivity contribution >= 4 is 44.9 Å². The third-order valence-electron chi connectivity index (χ3n) is 2.55. The van der Waals surface area contributed by atoms with Crippen molar-refractivity contribution < 1.29 is 0 Å². The number of hydrogen-bond acceptors (Lipinski definition) is 4. The first-order valence-electron chi connectivity index (χ1n) is 5.34. The van der Waals surface area contributed by atoms with Crippen LogP contribution in [0, 0.1) is 6.92 Å². The highest BCUT2D eigenvalue weighted by Crippen LogP contribution is 2.31. The molecule has 0 spiro atoms. The van der Waals surface area contributed by atoms with E-state index in [1.54, 1.807) is 0 Å². The van der Waals surface area contributed by atoms with Gasteiger partial charge in [0.15, 0.2) is 0 Å². The van der Waals surface area contributed by atoms with Crippen molar-refractivity contribution in [1.82, 2.24) is 9.97 Å². The maximum Gasteiger partial charge on any atom is 0.150 e. The Morgan fingerprint density at radius 1 is 1.22 bits per heavy atom. The van der Waals surface area contributed by atoms with Gasteiger partial charge < -0.3 is 10.6 Å². The van der Waals surface area contributed by atoms with Gasteiger partial charge in [0.25, 0.3) is 0 Å². The molecule has 0 saturated carbocycles. The van der Waals surface area contributed by atoms with Crippen LogP contribution in [0.15, 0.2) is 29.0 Å².